The van der Waals surface area contributed by atoms with Gasteiger partial charge in [0.05, 0.1) is 17.6 Å². The fraction of sp³-hybridized carbons (Fsp3) is 0.607. The molecule has 3 aromatic rings. The van der Waals surface area contributed by atoms with Crippen LogP contribution in [0, 0.1) is 17.3 Å². The van der Waals surface area contributed by atoms with Crippen molar-refractivity contribution in [3.8, 4) is 0 Å². The number of carbonyl (C=O) groups excluding carboxylic acids is 1. The summed E-state index contributed by atoms with van der Waals surface area (Å²) < 4.78 is 5.60. The number of aromatic amines is 1. The quantitative estimate of drug-likeness (QED) is 0.528. The lowest BCUT2D eigenvalue weighted by Crippen LogP contribution is -2.53. The molecule has 38 heavy (non-hydrogen) atoms. The van der Waals surface area contributed by atoms with Crippen molar-refractivity contribution < 1.29 is 9.53 Å². The molecule has 3 atom stereocenters. The molecule has 1 spiro atoms. The van der Waals surface area contributed by atoms with Gasteiger partial charge >= 0.3 is 6.09 Å². The molecule has 1 saturated heterocycles. The number of aryl methyl sites for hydroxylation is 1. The molecule has 1 amide bonds. The monoisotopic (exact) mass is 516 g/mol. The Morgan fingerprint density at radius 3 is 2.87 bits per heavy atom. The maximum absolute atomic E-state index is 12.6. The van der Waals surface area contributed by atoms with E-state index in [0.29, 0.717) is 11.6 Å². The standard InChI is InChI=1S/C28H36N8O2/c1-27(2,3)38-26(37)32-23-18-14-17(18)15-28(23)8-12-35(13-9-28)21-16-30-22-24(31-21)33-34-25(22)36-11-5-6-19-20(36)7-4-10-29-19/h4,7,10,16-18,23H,5-6,8-9,11-15H2,1-3H3,(H,32,37)(H,31,33,34)/t17?,18-,23-/m0/s1. The van der Waals surface area contributed by atoms with Crippen LogP contribution >= 0.6 is 0 Å². The second kappa shape index (κ2) is 8.54. The lowest BCUT2D eigenvalue weighted by molar-refractivity contribution is 0.0417. The number of amides is 1. The molecule has 10 heteroatoms. The minimum Gasteiger partial charge on any atom is -0.444 e. The van der Waals surface area contributed by atoms with E-state index in [2.05, 4.69) is 36.4 Å². The van der Waals surface area contributed by atoms with Gasteiger partial charge in [-0.15, -0.1) is 0 Å². The third kappa shape index (κ3) is 4.05. The molecule has 10 nitrogen and oxygen atoms in total. The summed E-state index contributed by atoms with van der Waals surface area (Å²) in [6, 6.07) is 4.28. The Morgan fingerprint density at radius 1 is 1.21 bits per heavy atom. The number of carbonyl (C=O) groups is 1. The lowest BCUT2D eigenvalue weighted by atomic mass is 9.71. The normalized spacial score (nSPS) is 25.8. The molecular weight excluding hydrogens is 480 g/mol. The molecule has 0 aromatic carbocycles. The van der Waals surface area contributed by atoms with E-state index < -0.39 is 5.60 Å². The number of hydrogen-bond donors (Lipinski definition) is 2. The van der Waals surface area contributed by atoms with E-state index in [1.165, 1.54) is 12.8 Å². The van der Waals surface area contributed by atoms with Crippen LogP contribution in [0.5, 0.6) is 0 Å². The fourth-order valence-electron chi connectivity index (χ4n) is 7.14. The Morgan fingerprint density at radius 2 is 2.05 bits per heavy atom. The van der Waals surface area contributed by atoms with Crippen LogP contribution in [0.25, 0.3) is 11.2 Å². The molecule has 2 saturated carbocycles. The van der Waals surface area contributed by atoms with E-state index in [1.807, 2.05) is 39.2 Å². The third-order valence-corrected chi connectivity index (χ3v) is 8.94. The molecule has 1 unspecified atom stereocenters. The first-order valence-corrected chi connectivity index (χ1v) is 14.0. The lowest BCUT2D eigenvalue weighted by Gasteiger charge is -2.45. The number of aromatic nitrogens is 5. The molecule has 3 fully saturated rings. The Bertz CT molecular complexity index is 1370. The molecule has 5 heterocycles. The number of piperidine rings is 1. The third-order valence-electron chi connectivity index (χ3n) is 8.94. The van der Waals surface area contributed by atoms with Gasteiger partial charge in [-0.3, -0.25) is 10.1 Å². The van der Waals surface area contributed by atoms with Crippen LogP contribution in [0.15, 0.2) is 24.5 Å². The van der Waals surface area contributed by atoms with Crippen molar-refractivity contribution in [2.45, 2.75) is 70.9 Å². The zero-order chi connectivity index (χ0) is 26.1. The molecule has 0 radical (unpaired) electrons. The van der Waals surface area contributed by atoms with Crippen LogP contribution in [0.3, 0.4) is 0 Å². The Kier molecular flexibility index (Phi) is 5.32. The molecule has 4 aliphatic rings. The summed E-state index contributed by atoms with van der Waals surface area (Å²) in [4.78, 5) is 31.5. The van der Waals surface area contributed by atoms with Crippen LogP contribution in [0.4, 0.5) is 22.1 Å². The van der Waals surface area contributed by atoms with Gasteiger partial charge in [0.1, 0.15) is 11.4 Å². The maximum Gasteiger partial charge on any atom is 0.407 e. The van der Waals surface area contributed by atoms with Gasteiger partial charge in [0.15, 0.2) is 17.0 Å². The van der Waals surface area contributed by atoms with E-state index in [-0.39, 0.29) is 17.6 Å². The Balaban J connectivity index is 1.07. The summed E-state index contributed by atoms with van der Waals surface area (Å²) in [5, 5.41) is 11.0. The highest BCUT2D eigenvalue weighted by Gasteiger charge is 2.62. The van der Waals surface area contributed by atoms with E-state index in [4.69, 9.17) is 14.7 Å². The van der Waals surface area contributed by atoms with Crippen LogP contribution < -0.4 is 15.1 Å². The number of pyridine rings is 1. The first kappa shape index (κ1) is 23.7. The van der Waals surface area contributed by atoms with E-state index in [0.717, 1.165) is 79.8 Å². The molecule has 3 aromatic heterocycles. The minimum absolute atomic E-state index is 0.148. The number of ether oxygens (including phenoxy) is 1. The van der Waals surface area contributed by atoms with Gasteiger partial charge in [-0.1, -0.05) is 0 Å². The largest absolute Gasteiger partial charge is 0.444 e. The van der Waals surface area contributed by atoms with Crippen molar-refractivity contribution in [2.75, 3.05) is 29.4 Å². The summed E-state index contributed by atoms with van der Waals surface area (Å²) in [5.41, 5.74) is 3.36. The first-order chi connectivity index (χ1) is 18.3. The molecule has 200 valence electrons. The number of H-pyrrole nitrogens is 1. The molecule has 2 N–H and O–H groups in total. The SMILES string of the molecule is CC(C)(C)OC(=O)N[C@H]1[C@H]2CC2CC12CCN(c1cnc3c(N4CCCc5ncccc54)n[nH]c3n1)CC2. The van der Waals surface area contributed by atoms with Crippen LogP contribution in [0.1, 0.15) is 58.6 Å². The molecule has 2 aliphatic carbocycles. The zero-order valence-corrected chi connectivity index (χ0v) is 22.4. The topological polar surface area (TPSA) is 112 Å². The van der Waals surface area contributed by atoms with Crippen molar-refractivity contribution in [1.82, 2.24) is 30.5 Å². The van der Waals surface area contributed by atoms with Crippen molar-refractivity contribution in [3.63, 3.8) is 0 Å². The van der Waals surface area contributed by atoms with Gasteiger partial charge in [-0.2, -0.15) is 5.10 Å². The average molecular weight is 517 g/mol. The number of rotatable bonds is 3. The number of nitrogens with one attached hydrogen (secondary N) is 2. The Labute approximate surface area is 222 Å². The zero-order valence-electron chi connectivity index (χ0n) is 22.4. The van der Waals surface area contributed by atoms with Crippen molar-refractivity contribution in [1.29, 1.82) is 0 Å². The van der Waals surface area contributed by atoms with Gasteiger partial charge in [-0.05, 0) is 88.7 Å². The number of nitrogens with zero attached hydrogens (tertiary/aromatic N) is 6. The maximum atomic E-state index is 12.6. The van der Waals surface area contributed by atoms with Crippen molar-refractivity contribution in [3.05, 3.63) is 30.2 Å². The van der Waals surface area contributed by atoms with E-state index in [1.54, 1.807) is 0 Å². The summed E-state index contributed by atoms with van der Waals surface area (Å²) in [6.07, 6.45) is 9.97. The smallest absolute Gasteiger partial charge is 0.407 e. The summed E-state index contributed by atoms with van der Waals surface area (Å²) >= 11 is 0. The average Bonchev–Trinajstić information content (AvgIpc) is 3.41. The summed E-state index contributed by atoms with van der Waals surface area (Å²) in [5.74, 6) is 3.04. The number of hydrogen-bond acceptors (Lipinski definition) is 8. The van der Waals surface area contributed by atoms with Crippen LogP contribution in [0.2, 0.25) is 0 Å². The number of alkyl carbamates (subject to hydrolysis) is 1. The molecule has 7 rings (SSSR count). The first-order valence-electron chi connectivity index (χ1n) is 14.0. The van der Waals surface area contributed by atoms with Crippen LogP contribution in [-0.2, 0) is 11.2 Å². The second-order valence-corrected chi connectivity index (χ2v) is 12.5. The summed E-state index contributed by atoms with van der Waals surface area (Å²) in [6.45, 7) is 8.43. The van der Waals surface area contributed by atoms with Crippen molar-refractivity contribution >= 4 is 34.6 Å². The van der Waals surface area contributed by atoms with Gasteiger partial charge in [0.2, 0.25) is 0 Å². The second-order valence-electron chi connectivity index (χ2n) is 12.5. The van der Waals surface area contributed by atoms with E-state index >= 15 is 0 Å². The van der Waals surface area contributed by atoms with Crippen LogP contribution in [-0.4, -0.2) is 62.5 Å². The number of fused-ring (bicyclic) bond motifs is 3. The van der Waals surface area contributed by atoms with E-state index in [9.17, 15) is 4.79 Å². The summed E-state index contributed by atoms with van der Waals surface area (Å²) in [7, 11) is 0. The molecule has 0 bridgehead atoms. The van der Waals surface area contributed by atoms with Gasteiger partial charge in [-0.25, -0.2) is 14.8 Å². The predicted molar refractivity (Wildman–Crippen MR) is 144 cm³/mol. The van der Waals surface area contributed by atoms with Gasteiger partial charge in [0, 0.05) is 31.9 Å². The minimum atomic E-state index is -0.486. The molecule has 2 aliphatic heterocycles. The number of anilines is 3. The Hall–Kier alpha value is -3.43. The fourth-order valence-corrected chi connectivity index (χ4v) is 7.14. The van der Waals surface area contributed by atoms with Gasteiger partial charge < -0.3 is 19.9 Å². The highest BCUT2D eigenvalue weighted by Crippen LogP contribution is 2.63. The van der Waals surface area contributed by atoms with Crippen molar-refractivity contribution in [2.24, 2.45) is 17.3 Å². The van der Waals surface area contributed by atoms with Gasteiger partial charge in [0.25, 0.3) is 0 Å². The predicted octanol–water partition coefficient (Wildman–Crippen LogP) is 4.35. The highest BCUT2D eigenvalue weighted by molar-refractivity contribution is 5.87. The highest BCUT2D eigenvalue weighted by atomic mass is 16.6. The molecular formula is C28H36N8O2.